The first kappa shape index (κ1) is 18.8. The van der Waals surface area contributed by atoms with Crippen LogP contribution in [0.1, 0.15) is 35.7 Å². The van der Waals surface area contributed by atoms with Crippen LogP contribution >= 0.6 is 11.6 Å². The average Bonchev–Trinajstić information content (AvgIpc) is 3.41. The molecule has 152 valence electrons. The van der Waals surface area contributed by atoms with Gasteiger partial charge >= 0.3 is 0 Å². The van der Waals surface area contributed by atoms with Gasteiger partial charge in [0.05, 0.1) is 12.7 Å². The van der Waals surface area contributed by atoms with Crippen LogP contribution in [-0.2, 0) is 11.3 Å². The van der Waals surface area contributed by atoms with E-state index < -0.39 is 0 Å². The first-order valence-electron chi connectivity index (χ1n) is 9.49. The molecule has 0 amide bonds. The van der Waals surface area contributed by atoms with Crippen LogP contribution in [0.15, 0.2) is 69.0 Å². The number of benzene rings is 1. The van der Waals surface area contributed by atoms with Gasteiger partial charge < -0.3 is 13.8 Å². The third-order valence-corrected chi connectivity index (χ3v) is 5.51. The molecule has 1 saturated heterocycles. The molecule has 1 aliphatic rings. The van der Waals surface area contributed by atoms with Gasteiger partial charge in [0.15, 0.2) is 5.82 Å². The molecular formula is C21H17ClN4O4. The van der Waals surface area contributed by atoms with Crippen molar-refractivity contribution in [3.8, 4) is 0 Å². The van der Waals surface area contributed by atoms with E-state index in [1.807, 2.05) is 24.3 Å². The second-order valence-corrected chi connectivity index (χ2v) is 7.64. The summed E-state index contributed by atoms with van der Waals surface area (Å²) in [5.74, 6) is 0.895. The number of pyridine rings is 1. The summed E-state index contributed by atoms with van der Waals surface area (Å²) < 4.78 is 14.0. The number of hydrogen-bond donors (Lipinski definition) is 0. The van der Waals surface area contributed by atoms with Gasteiger partial charge in [-0.15, -0.1) is 0 Å². The zero-order valence-corrected chi connectivity index (χ0v) is 16.5. The highest BCUT2D eigenvalue weighted by Crippen LogP contribution is 2.37. The van der Waals surface area contributed by atoms with Crippen LogP contribution in [0.5, 0.6) is 0 Å². The number of nitrogens with zero attached hydrogens (tertiary/aromatic N) is 4. The molecule has 0 aliphatic carbocycles. The standard InChI is InChI=1S/C21H17ClN4O4/c22-15-6-4-13(5-7-15)17-10-14(12-29-17)20-23-18(30-24-20)11-25-8-9-26-16(21(25)28)2-1-3-19(26)27/h1-9,14,17H,10-12H2/t14-,17+/m0/s1. The lowest BCUT2D eigenvalue weighted by atomic mass is 10.0. The number of halogens is 1. The fourth-order valence-corrected chi connectivity index (χ4v) is 3.80. The molecule has 30 heavy (non-hydrogen) atoms. The molecule has 1 aliphatic heterocycles. The summed E-state index contributed by atoms with van der Waals surface area (Å²) in [7, 11) is 0. The number of aromatic nitrogens is 4. The zero-order valence-electron chi connectivity index (χ0n) is 15.8. The van der Waals surface area contributed by atoms with Gasteiger partial charge in [-0.3, -0.25) is 14.0 Å². The molecule has 9 heteroatoms. The summed E-state index contributed by atoms with van der Waals surface area (Å²) >= 11 is 5.95. The lowest BCUT2D eigenvalue weighted by Gasteiger charge is -2.09. The third kappa shape index (κ3) is 3.44. The molecule has 0 saturated carbocycles. The fourth-order valence-electron chi connectivity index (χ4n) is 3.68. The van der Waals surface area contributed by atoms with Gasteiger partial charge in [0.1, 0.15) is 12.1 Å². The normalized spacial score (nSPS) is 18.8. The van der Waals surface area contributed by atoms with E-state index in [1.165, 1.54) is 21.2 Å². The molecule has 5 rings (SSSR count). The third-order valence-electron chi connectivity index (χ3n) is 5.26. The Morgan fingerprint density at radius 2 is 1.93 bits per heavy atom. The van der Waals surface area contributed by atoms with E-state index in [0.29, 0.717) is 28.9 Å². The topological polar surface area (TPSA) is 91.6 Å². The summed E-state index contributed by atoms with van der Waals surface area (Å²) in [6.07, 6.45) is 3.78. The molecule has 2 atom stereocenters. The Morgan fingerprint density at radius 3 is 2.77 bits per heavy atom. The van der Waals surface area contributed by atoms with Crippen molar-refractivity contribution in [1.29, 1.82) is 0 Å². The first-order chi connectivity index (χ1) is 14.6. The fraction of sp³-hybridized carbons (Fsp3) is 0.238. The molecule has 0 bridgehead atoms. The van der Waals surface area contributed by atoms with Crippen molar-refractivity contribution in [3.63, 3.8) is 0 Å². The summed E-state index contributed by atoms with van der Waals surface area (Å²) in [6.45, 7) is 0.616. The van der Waals surface area contributed by atoms with Crippen molar-refractivity contribution >= 4 is 17.1 Å². The van der Waals surface area contributed by atoms with Crippen LogP contribution in [0.3, 0.4) is 0 Å². The Bertz CT molecular complexity index is 1330. The molecule has 0 spiro atoms. The Morgan fingerprint density at radius 1 is 1.10 bits per heavy atom. The Balaban J connectivity index is 1.33. The van der Waals surface area contributed by atoms with Crippen LogP contribution in [0.4, 0.5) is 0 Å². The minimum Gasteiger partial charge on any atom is -0.373 e. The van der Waals surface area contributed by atoms with Crippen molar-refractivity contribution in [1.82, 2.24) is 19.1 Å². The summed E-state index contributed by atoms with van der Waals surface area (Å²) in [6, 6.07) is 12.2. The van der Waals surface area contributed by atoms with Crippen LogP contribution in [-0.4, -0.2) is 25.7 Å². The van der Waals surface area contributed by atoms with E-state index in [0.717, 1.165) is 12.0 Å². The Kier molecular flexibility index (Phi) is 4.72. The van der Waals surface area contributed by atoms with E-state index in [2.05, 4.69) is 10.1 Å². The maximum absolute atomic E-state index is 12.7. The van der Waals surface area contributed by atoms with Crippen molar-refractivity contribution in [3.05, 3.63) is 97.9 Å². The smallest absolute Gasteiger partial charge is 0.275 e. The summed E-state index contributed by atoms with van der Waals surface area (Å²) in [5, 5.41) is 4.77. The van der Waals surface area contributed by atoms with E-state index in [1.54, 1.807) is 18.3 Å². The van der Waals surface area contributed by atoms with E-state index in [4.69, 9.17) is 20.9 Å². The van der Waals surface area contributed by atoms with Crippen LogP contribution in [0.25, 0.3) is 5.52 Å². The van der Waals surface area contributed by atoms with Crippen LogP contribution in [0, 0.1) is 0 Å². The van der Waals surface area contributed by atoms with Gasteiger partial charge in [0, 0.05) is 29.4 Å². The van der Waals surface area contributed by atoms with Gasteiger partial charge in [0.2, 0.25) is 5.89 Å². The van der Waals surface area contributed by atoms with Gasteiger partial charge in [-0.05, 0) is 30.2 Å². The van der Waals surface area contributed by atoms with Gasteiger partial charge in [-0.25, -0.2) is 0 Å². The molecule has 8 nitrogen and oxygen atoms in total. The van der Waals surface area contributed by atoms with Gasteiger partial charge in [-0.1, -0.05) is 35.0 Å². The highest BCUT2D eigenvalue weighted by atomic mass is 35.5. The van der Waals surface area contributed by atoms with Gasteiger partial charge in [0.25, 0.3) is 11.1 Å². The zero-order chi connectivity index (χ0) is 20.7. The molecule has 4 aromatic rings. The van der Waals surface area contributed by atoms with E-state index in [9.17, 15) is 9.59 Å². The molecular weight excluding hydrogens is 408 g/mol. The van der Waals surface area contributed by atoms with Crippen molar-refractivity contribution in [2.75, 3.05) is 6.61 Å². The highest BCUT2D eigenvalue weighted by molar-refractivity contribution is 6.30. The monoisotopic (exact) mass is 424 g/mol. The lowest BCUT2D eigenvalue weighted by Crippen LogP contribution is -2.26. The minimum atomic E-state index is -0.304. The molecule has 1 fully saturated rings. The molecule has 0 unspecified atom stereocenters. The maximum atomic E-state index is 12.7. The molecule has 0 N–H and O–H groups in total. The number of hydrogen-bond acceptors (Lipinski definition) is 6. The highest BCUT2D eigenvalue weighted by Gasteiger charge is 2.31. The predicted molar refractivity (Wildman–Crippen MR) is 109 cm³/mol. The number of ether oxygens (including phenoxy) is 1. The van der Waals surface area contributed by atoms with Crippen molar-refractivity contribution in [2.24, 2.45) is 0 Å². The predicted octanol–water partition coefficient (Wildman–Crippen LogP) is 2.79. The Labute approximate surface area is 175 Å². The van der Waals surface area contributed by atoms with Crippen LogP contribution in [0.2, 0.25) is 5.02 Å². The average molecular weight is 425 g/mol. The van der Waals surface area contributed by atoms with E-state index >= 15 is 0 Å². The largest absolute Gasteiger partial charge is 0.373 e. The summed E-state index contributed by atoms with van der Waals surface area (Å²) in [4.78, 5) is 29.0. The molecule has 0 radical (unpaired) electrons. The van der Waals surface area contributed by atoms with E-state index in [-0.39, 0.29) is 29.7 Å². The second-order valence-electron chi connectivity index (χ2n) is 7.20. The molecule has 3 aromatic heterocycles. The van der Waals surface area contributed by atoms with Crippen LogP contribution < -0.4 is 11.1 Å². The van der Waals surface area contributed by atoms with Gasteiger partial charge in [-0.2, -0.15) is 4.98 Å². The van der Waals surface area contributed by atoms with Crippen molar-refractivity contribution < 1.29 is 9.26 Å². The number of fused-ring (bicyclic) bond motifs is 1. The molecule has 1 aromatic carbocycles. The van der Waals surface area contributed by atoms with Crippen molar-refractivity contribution in [2.45, 2.75) is 25.0 Å². The first-order valence-corrected chi connectivity index (χ1v) is 9.86. The summed E-state index contributed by atoms with van der Waals surface area (Å²) in [5.41, 5.74) is 0.790. The number of rotatable bonds is 4. The maximum Gasteiger partial charge on any atom is 0.275 e. The lowest BCUT2D eigenvalue weighted by molar-refractivity contribution is 0.110. The second kappa shape index (κ2) is 7.55. The quantitative estimate of drug-likeness (QED) is 0.500. The SMILES string of the molecule is O=c1c2cccc(=O)n2ccn1Cc1nc([C@@H]2CO[C@@H](c3ccc(Cl)cc3)C2)no1. The minimum absolute atomic E-state index is 0.00933. The molecule has 4 heterocycles. The Hall–Kier alpha value is -3.23.